The van der Waals surface area contributed by atoms with Gasteiger partial charge in [-0.1, -0.05) is 24.3 Å². The van der Waals surface area contributed by atoms with Crippen LogP contribution in [-0.2, 0) is 11.8 Å². The Hall–Kier alpha value is -3.41. The molecule has 0 aliphatic rings. The molecule has 2 aromatic carbocycles. The SMILES string of the molecule is Cc1n[nH]c2cc(/C=C/C(=O)Nc3cccc4cnn(C)c34)ccc12. The highest BCUT2D eigenvalue weighted by Gasteiger charge is 2.07. The number of benzene rings is 2. The lowest BCUT2D eigenvalue weighted by atomic mass is 10.1. The van der Waals surface area contributed by atoms with Crippen molar-refractivity contribution in [3.63, 3.8) is 0 Å². The van der Waals surface area contributed by atoms with Crippen molar-refractivity contribution in [1.82, 2.24) is 20.0 Å². The Labute approximate surface area is 144 Å². The number of fused-ring (bicyclic) bond motifs is 2. The highest BCUT2D eigenvalue weighted by molar-refractivity contribution is 6.06. The molecule has 25 heavy (non-hydrogen) atoms. The third kappa shape index (κ3) is 2.78. The van der Waals surface area contributed by atoms with Crippen molar-refractivity contribution < 1.29 is 4.79 Å². The summed E-state index contributed by atoms with van der Waals surface area (Å²) >= 11 is 0. The minimum absolute atomic E-state index is 0.186. The van der Waals surface area contributed by atoms with Crippen LogP contribution < -0.4 is 5.32 Å². The molecule has 0 atom stereocenters. The third-order valence-corrected chi connectivity index (χ3v) is 4.22. The summed E-state index contributed by atoms with van der Waals surface area (Å²) in [6.07, 6.45) is 5.09. The Kier molecular flexibility index (Phi) is 3.57. The van der Waals surface area contributed by atoms with Gasteiger partial charge in [0.1, 0.15) is 0 Å². The summed E-state index contributed by atoms with van der Waals surface area (Å²) in [5.41, 5.74) is 4.50. The molecule has 4 aromatic rings. The molecule has 2 heterocycles. The smallest absolute Gasteiger partial charge is 0.248 e. The van der Waals surface area contributed by atoms with E-state index in [0.717, 1.165) is 38.8 Å². The first kappa shape index (κ1) is 15.1. The molecule has 2 aromatic heterocycles. The Morgan fingerprint density at radius 1 is 1.28 bits per heavy atom. The van der Waals surface area contributed by atoms with Crippen LogP contribution in [0.15, 0.2) is 48.7 Å². The van der Waals surface area contributed by atoms with Crippen LogP contribution >= 0.6 is 0 Å². The summed E-state index contributed by atoms with van der Waals surface area (Å²) in [4.78, 5) is 12.3. The number of carbonyl (C=O) groups excluding carboxylic acids is 1. The molecule has 0 unspecified atom stereocenters. The summed E-state index contributed by atoms with van der Waals surface area (Å²) in [5.74, 6) is -0.186. The first-order valence-corrected chi connectivity index (χ1v) is 7.96. The number of aromatic nitrogens is 4. The number of hydrogen-bond acceptors (Lipinski definition) is 3. The van der Waals surface area contributed by atoms with E-state index in [1.807, 2.05) is 50.4 Å². The molecular weight excluding hydrogens is 314 g/mol. The second kappa shape index (κ2) is 5.90. The molecule has 0 bridgehead atoms. The van der Waals surface area contributed by atoms with Gasteiger partial charge < -0.3 is 5.32 Å². The van der Waals surface area contributed by atoms with Crippen molar-refractivity contribution in [2.45, 2.75) is 6.92 Å². The second-order valence-electron chi connectivity index (χ2n) is 5.95. The van der Waals surface area contributed by atoms with Crippen LogP contribution in [0.5, 0.6) is 0 Å². The molecule has 124 valence electrons. The third-order valence-electron chi connectivity index (χ3n) is 4.22. The van der Waals surface area contributed by atoms with Gasteiger partial charge in [-0.2, -0.15) is 10.2 Å². The van der Waals surface area contributed by atoms with Crippen molar-refractivity contribution in [2.75, 3.05) is 5.32 Å². The zero-order valence-electron chi connectivity index (χ0n) is 13.9. The number of nitrogens with zero attached hydrogens (tertiary/aromatic N) is 3. The molecule has 0 fully saturated rings. The van der Waals surface area contributed by atoms with Crippen LogP contribution in [0.2, 0.25) is 0 Å². The Morgan fingerprint density at radius 2 is 2.16 bits per heavy atom. The van der Waals surface area contributed by atoms with E-state index < -0.39 is 0 Å². The number of nitrogens with one attached hydrogen (secondary N) is 2. The quantitative estimate of drug-likeness (QED) is 0.565. The van der Waals surface area contributed by atoms with E-state index in [2.05, 4.69) is 20.6 Å². The van der Waals surface area contributed by atoms with Gasteiger partial charge >= 0.3 is 0 Å². The van der Waals surface area contributed by atoms with Crippen molar-refractivity contribution in [1.29, 1.82) is 0 Å². The molecule has 0 radical (unpaired) electrons. The summed E-state index contributed by atoms with van der Waals surface area (Å²) in [6, 6.07) is 11.7. The normalized spacial score (nSPS) is 11.6. The van der Waals surface area contributed by atoms with Gasteiger partial charge in [0.2, 0.25) is 5.91 Å². The summed E-state index contributed by atoms with van der Waals surface area (Å²) in [5, 5.41) is 16.4. The number of aromatic amines is 1. The maximum atomic E-state index is 12.3. The standard InChI is InChI=1S/C19H17N5O/c1-12-15-8-6-13(10-17(15)23-22-12)7-9-18(25)21-16-5-3-4-14-11-20-24(2)19(14)16/h3-11H,1-2H3,(H,21,25)(H,22,23)/b9-7+. The predicted molar refractivity (Wildman–Crippen MR) is 99.2 cm³/mol. The Balaban J connectivity index is 1.56. The van der Waals surface area contributed by atoms with Crippen LogP contribution in [0, 0.1) is 6.92 Å². The lowest BCUT2D eigenvalue weighted by Gasteiger charge is -2.05. The maximum absolute atomic E-state index is 12.3. The Bertz CT molecular complexity index is 1120. The molecular formula is C19H17N5O. The number of aryl methyl sites for hydroxylation is 2. The average Bonchev–Trinajstić information content (AvgIpc) is 3.17. The zero-order valence-corrected chi connectivity index (χ0v) is 13.9. The molecule has 6 nitrogen and oxygen atoms in total. The highest BCUT2D eigenvalue weighted by atomic mass is 16.1. The van der Waals surface area contributed by atoms with E-state index in [-0.39, 0.29) is 5.91 Å². The first-order chi connectivity index (χ1) is 12.1. The van der Waals surface area contributed by atoms with Gasteiger partial charge in [0.15, 0.2) is 0 Å². The zero-order chi connectivity index (χ0) is 17.4. The molecule has 0 spiro atoms. The largest absolute Gasteiger partial charge is 0.321 e. The van der Waals surface area contributed by atoms with Gasteiger partial charge in [0.05, 0.1) is 28.6 Å². The van der Waals surface area contributed by atoms with E-state index in [4.69, 9.17) is 0 Å². The van der Waals surface area contributed by atoms with Crippen LogP contribution in [0.4, 0.5) is 5.69 Å². The summed E-state index contributed by atoms with van der Waals surface area (Å²) in [7, 11) is 1.86. The summed E-state index contributed by atoms with van der Waals surface area (Å²) in [6.45, 7) is 1.96. The fraction of sp³-hybridized carbons (Fsp3) is 0.105. The van der Waals surface area contributed by atoms with Crippen molar-refractivity contribution in [3.05, 3.63) is 59.9 Å². The lowest BCUT2D eigenvalue weighted by Crippen LogP contribution is -2.09. The average molecular weight is 331 g/mol. The highest BCUT2D eigenvalue weighted by Crippen LogP contribution is 2.22. The van der Waals surface area contributed by atoms with E-state index in [1.54, 1.807) is 17.0 Å². The van der Waals surface area contributed by atoms with Crippen LogP contribution in [0.25, 0.3) is 27.9 Å². The fourth-order valence-corrected chi connectivity index (χ4v) is 2.96. The van der Waals surface area contributed by atoms with Crippen molar-refractivity contribution >= 4 is 39.5 Å². The van der Waals surface area contributed by atoms with E-state index in [9.17, 15) is 4.79 Å². The maximum Gasteiger partial charge on any atom is 0.248 e. The molecule has 4 rings (SSSR count). The van der Waals surface area contributed by atoms with Gasteiger partial charge in [0.25, 0.3) is 0 Å². The number of hydrogen-bond donors (Lipinski definition) is 2. The number of rotatable bonds is 3. The number of carbonyl (C=O) groups is 1. The van der Waals surface area contributed by atoms with Crippen molar-refractivity contribution in [2.24, 2.45) is 7.05 Å². The number of anilines is 1. The van der Waals surface area contributed by atoms with E-state index in [1.165, 1.54) is 6.08 Å². The van der Waals surface area contributed by atoms with Gasteiger partial charge in [0, 0.05) is 23.9 Å². The van der Waals surface area contributed by atoms with Gasteiger partial charge in [-0.15, -0.1) is 0 Å². The van der Waals surface area contributed by atoms with E-state index >= 15 is 0 Å². The van der Waals surface area contributed by atoms with Gasteiger partial charge in [-0.05, 0) is 30.7 Å². The monoisotopic (exact) mass is 331 g/mol. The molecule has 0 aliphatic heterocycles. The second-order valence-corrected chi connectivity index (χ2v) is 5.95. The van der Waals surface area contributed by atoms with Crippen LogP contribution in [0.3, 0.4) is 0 Å². The van der Waals surface area contributed by atoms with Gasteiger partial charge in [-0.25, -0.2) is 0 Å². The minimum Gasteiger partial charge on any atom is -0.321 e. The molecule has 0 saturated carbocycles. The predicted octanol–water partition coefficient (Wildman–Crippen LogP) is 3.41. The molecule has 6 heteroatoms. The number of amides is 1. The van der Waals surface area contributed by atoms with Gasteiger partial charge in [-0.3, -0.25) is 14.6 Å². The van der Waals surface area contributed by atoms with Crippen LogP contribution in [0.1, 0.15) is 11.3 Å². The fourth-order valence-electron chi connectivity index (χ4n) is 2.96. The number of H-pyrrole nitrogens is 1. The molecule has 1 amide bonds. The Morgan fingerprint density at radius 3 is 3.04 bits per heavy atom. The number of para-hydroxylation sites is 1. The molecule has 0 saturated heterocycles. The topological polar surface area (TPSA) is 75.6 Å². The van der Waals surface area contributed by atoms with Crippen molar-refractivity contribution in [3.8, 4) is 0 Å². The first-order valence-electron chi connectivity index (χ1n) is 7.96. The summed E-state index contributed by atoms with van der Waals surface area (Å²) < 4.78 is 1.75. The lowest BCUT2D eigenvalue weighted by molar-refractivity contribution is -0.111. The molecule has 0 aliphatic carbocycles. The minimum atomic E-state index is -0.186. The van der Waals surface area contributed by atoms with E-state index in [0.29, 0.717) is 0 Å². The van der Waals surface area contributed by atoms with Crippen LogP contribution in [-0.4, -0.2) is 25.9 Å². The molecule has 2 N–H and O–H groups in total.